The molecule has 10 aromatic rings. The molecule has 4 heteroatoms. The van der Waals surface area contributed by atoms with E-state index >= 15 is 0 Å². The van der Waals surface area contributed by atoms with E-state index < -0.39 is 0 Å². The maximum Gasteiger partial charge on any atom is 0.0858 e. The highest BCUT2D eigenvalue weighted by atomic mass is 15.2. The van der Waals surface area contributed by atoms with Crippen LogP contribution in [0.2, 0.25) is 0 Å². The fourth-order valence-corrected chi connectivity index (χ4v) is 10.2. The van der Waals surface area contributed by atoms with Gasteiger partial charge in [0.25, 0.3) is 0 Å². The molecule has 400 valence electrons. The van der Waals surface area contributed by atoms with E-state index in [1.54, 1.807) is 0 Å². The van der Waals surface area contributed by atoms with Gasteiger partial charge in [0.1, 0.15) is 0 Å². The number of anilines is 6. The maximum atomic E-state index is 4.75. The lowest BCUT2D eigenvalue weighted by Gasteiger charge is -2.26. The quantitative estimate of drug-likeness (QED) is 0.114. The molecule has 0 heterocycles. The summed E-state index contributed by atoms with van der Waals surface area (Å²) in [5.74, 6) is 0. The Hall–Kier alpha value is -8.60. The minimum Gasteiger partial charge on any atom is -0.311 e. The van der Waals surface area contributed by atoms with Gasteiger partial charge in [-0.3, -0.25) is 0 Å². The van der Waals surface area contributed by atoms with Crippen molar-refractivity contribution in [2.24, 2.45) is 10.2 Å². The molecule has 0 spiro atoms. The number of hydrogen-bond acceptors (Lipinski definition) is 4. The van der Waals surface area contributed by atoms with Crippen LogP contribution in [-0.2, 0) is 21.7 Å². The highest BCUT2D eigenvalue weighted by Gasteiger charge is 2.20. The van der Waals surface area contributed by atoms with Crippen LogP contribution in [0.3, 0.4) is 0 Å². The average Bonchev–Trinajstić information content (AvgIpc) is 3.48. The molecular formula is C76H76N4. The van der Waals surface area contributed by atoms with Crippen LogP contribution in [0.4, 0.5) is 45.5 Å². The summed E-state index contributed by atoms with van der Waals surface area (Å²) in [6.45, 7) is 27.1. The number of nitrogens with zero attached hydrogens (tertiary/aromatic N) is 4. The Kier molecular flexibility index (Phi) is 15.2. The molecule has 0 fully saturated rings. The third-order valence-electron chi connectivity index (χ3n) is 15.3. The van der Waals surface area contributed by atoms with Gasteiger partial charge in [0.2, 0.25) is 0 Å². The van der Waals surface area contributed by atoms with Crippen LogP contribution in [0.25, 0.3) is 44.5 Å². The summed E-state index contributed by atoms with van der Waals surface area (Å²) in [7, 11) is 0. The van der Waals surface area contributed by atoms with E-state index in [2.05, 4.69) is 311 Å². The molecule has 80 heavy (non-hydrogen) atoms. The normalized spacial score (nSPS) is 12.2. The Balaban J connectivity index is 0.913. The van der Waals surface area contributed by atoms with Crippen molar-refractivity contribution in [3.05, 3.63) is 265 Å². The molecule has 0 aliphatic heterocycles. The van der Waals surface area contributed by atoms with Crippen molar-refractivity contribution in [3.8, 4) is 44.5 Å². The molecule has 0 N–H and O–H groups in total. The zero-order chi connectivity index (χ0) is 56.4. The second-order valence-electron chi connectivity index (χ2n) is 25.4. The summed E-state index contributed by atoms with van der Waals surface area (Å²) in [5, 5.41) is 9.51. The minimum absolute atomic E-state index is 0.102. The van der Waals surface area contributed by atoms with Crippen molar-refractivity contribution in [2.75, 3.05) is 9.80 Å². The zero-order valence-corrected chi connectivity index (χ0v) is 48.9. The molecule has 0 unspecified atom stereocenters. The van der Waals surface area contributed by atoms with Crippen molar-refractivity contribution in [3.63, 3.8) is 0 Å². The van der Waals surface area contributed by atoms with Gasteiger partial charge < -0.3 is 9.80 Å². The Bertz CT molecular complexity index is 3220. The fraction of sp³-hybridized carbons (Fsp3) is 0.211. The lowest BCUT2D eigenvalue weighted by atomic mass is 9.86. The van der Waals surface area contributed by atoms with Crippen LogP contribution in [0.15, 0.2) is 253 Å². The largest absolute Gasteiger partial charge is 0.311 e. The number of hydrogen-bond donors (Lipinski definition) is 0. The summed E-state index contributed by atoms with van der Waals surface area (Å²) in [6.07, 6.45) is 0. The predicted octanol–water partition coefficient (Wildman–Crippen LogP) is 22.9. The summed E-state index contributed by atoms with van der Waals surface area (Å²) in [6, 6.07) is 88.1. The van der Waals surface area contributed by atoms with E-state index in [0.717, 1.165) is 45.5 Å². The molecule has 0 aliphatic carbocycles. The van der Waals surface area contributed by atoms with E-state index in [0.29, 0.717) is 0 Å². The summed E-state index contributed by atoms with van der Waals surface area (Å²) in [5.41, 5.74) is 23.1. The zero-order valence-electron chi connectivity index (χ0n) is 48.9. The van der Waals surface area contributed by atoms with Gasteiger partial charge in [-0.25, -0.2) is 0 Å². The molecule has 0 aromatic heterocycles. The Morgan fingerprint density at radius 1 is 0.188 bits per heavy atom. The average molecular weight is 1050 g/mol. The van der Waals surface area contributed by atoms with Crippen LogP contribution in [0.5, 0.6) is 0 Å². The molecule has 0 amide bonds. The molecule has 10 aromatic carbocycles. The molecule has 0 atom stereocenters. The van der Waals surface area contributed by atoms with E-state index in [1.807, 2.05) is 24.3 Å². The van der Waals surface area contributed by atoms with E-state index in [-0.39, 0.29) is 21.7 Å². The van der Waals surface area contributed by atoms with Gasteiger partial charge in [-0.15, -0.1) is 0 Å². The summed E-state index contributed by atoms with van der Waals surface area (Å²) in [4.78, 5) is 4.61. The molecule has 4 nitrogen and oxygen atoms in total. The first-order chi connectivity index (χ1) is 38.1. The second kappa shape index (κ2) is 22.3. The highest BCUT2D eigenvalue weighted by molar-refractivity contribution is 5.82. The highest BCUT2D eigenvalue weighted by Crippen LogP contribution is 2.41. The standard InChI is InChI=1S/C76H76N4/c1-73(2,3)61-29-13-53(14-30-61)57-21-41-67(42-22-57)79(68-43-23-58(24-44-68)54-15-31-62(32-16-54)74(4,5)6)71-49-37-65(38-50-71)77-78-66-39-51-72(52-40-66)80(69-45-25-59(26-46-69)55-17-33-63(34-18-55)75(7,8)9)70-47-27-60(28-48-70)56-19-35-64(36-20-56)76(10,11)12/h13-52H,1-12H3. The minimum atomic E-state index is 0.102. The van der Waals surface area contributed by atoms with Crippen LogP contribution in [-0.4, -0.2) is 0 Å². The van der Waals surface area contributed by atoms with Crippen molar-refractivity contribution in [1.82, 2.24) is 0 Å². The van der Waals surface area contributed by atoms with E-state index in [4.69, 9.17) is 10.2 Å². The van der Waals surface area contributed by atoms with Gasteiger partial charge in [0.05, 0.1) is 11.4 Å². The summed E-state index contributed by atoms with van der Waals surface area (Å²) >= 11 is 0. The van der Waals surface area contributed by atoms with Gasteiger partial charge in [-0.05, 0) is 185 Å². The van der Waals surface area contributed by atoms with E-state index in [9.17, 15) is 0 Å². The molecule has 0 aliphatic rings. The Labute approximate surface area is 477 Å². The first-order valence-corrected chi connectivity index (χ1v) is 28.2. The molecule has 0 saturated carbocycles. The van der Waals surface area contributed by atoms with Crippen LogP contribution in [0.1, 0.15) is 105 Å². The first kappa shape index (κ1) is 54.7. The second-order valence-corrected chi connectivity index (χ2v) is 25.4. The topological polar surface area (TPSA) is 31.2 Å². The third-order valence-corrected chi connectivity index (χ3v) is 15.3. The first-order valence-electron chi connectivity index (χ1n) is 28.2. The van der Waals surface area contributed by atoms with Crippen molar-refractivity contribution in [2.45, 2.75) is 105 Å². The van der Waals surface area contributed by atoms with Gasteiger partial charge in [-0.2, -0.15) is 10.2 Å². The van der Waals surface area contributed by atoms with Gasteiger partial charge >= 0.3 is 0 Å². The molecular weight excluding hydrogens is 969 g/mol. The Morgan fingerprint density at radius 3 is 0.475 bits per heavy atom. The van der Waals surface area contributed by atoms with Crippen molar-refractivity contribution >= 4 is 45.5 Å². The fourth-order valence-electron chi connectivity index (χ4n) is 10.2. The van der Waals surface area contributed by atoms with Gasteiger partial charge in [-0.1, -0.05) is 229 Å². The molecule has 0 saturated heterocycles. The van der Waals surface area contributed by atoms with Crippen molar-refractivity contribution < 1.29 is 0 Å². The predicted molar refractivity (Wildman–Crippen MR) is 343 cm³/mol. The molecule has 0 bridgehead atoms. The van der Waals surface area contributed by atoms with Crippen molar-refractivity contribution in [1.29, 1.82) is 0 Å². The smallest absolute Gasteiger partial charge is 0.0858 e. The van der Waals surface area contributed by atoms with Crippen LogP contribution >= 0.6 is 0 Å². The number of rotatable bonds is 12. The Morgan fingerprint density at radius 2 is 0.325 bits per heavy atom. The molecule has 10 rings (SSSR count). The third kappa shape index (κ3) is 12.6. The van der Waals surface area contributed by atoms with Gasteiger partial charge in [0.15, 0.2) is 0 Å². The van der Waals surface area contributed by atoms with E-state index in [1.165, 1.54) is 66.8 Å². The van der Waals surface area contributed by atoms with Gasteiger partial charge in [0, 0.05) is 34.1 Å². The monoisotopic (exact) mass is 1040 g/mol. The lowest BCUT2D eigenvalue weighted by molar-refractivity contribution is 0.590. The van der Waals surface area contributed by atoms with Crippen LogP contribution in [0, 0.1) is 0 Å². The lowest BCUT2D eigenvalue weighted by Crippen LogP contribution is -2.10. The van der Waals surface area contributed by atoms with Crippen LogP contribution < -0.4 is 9.80 Å². The number of azo groups is 1. The number of benzene rings is 10. The molecule has 0 radical (unpaired) electrons. The maximum absolute atomic E-state index is 4.75. The SMILES string of the molecule is CC(C)(C)c1ccc(-c2ccc(N(c3ccc(N=Nc4ccc(N(c5ccc(-c6ccc(C(C)(C)C)cc6)cc5)c5ccc(-c6ccc(C(C)(C)C)cc6)cc5)cc4)cc3)c3ccc(-c4ccc(C(C)(C)C)cc4)cc3)cc2)cc1. The summed E-state index contributed by atoms with van der Waals surface area (Å²) < 4.78 is 0.